The molecule has 0 heterocycles. The Morgan fingerprint density at radius 2 is 2.00 bits per heavy atom. The number of hydrogen-bond acceptors (Lipinski definition) is 3. The Labute approximate surface area is 146 Å². The van der Waals surface area contributed by atoms with Gasteiger partial charge in [-0.1, -0.05) is 23.7 Å². The number of halogens is 1. The lowest BCUT2D eigenvalue weighted by molar-refractivity contribution is -0.120. The molecule has 23 heavy (non-hydrogen) atoms. The largest absolute Gasteiger partial charge is 0.492 e. The van der Waals surface area contributed by atoms with E-state index in [9.17, 15) is 4.79 Å². The van der Waals surface area contributed by atoms with Crippen LogP contribution in [0.15, 0.2) is 53.4 Å². The second kappa shape index (κ2) is 9.48. The van der Waals surface area contributed by atoms with Crippen molar-refractivity contribution in [1.82, 2.24) is 5.32 Å². The van der Waals surface area contributed by atoms with Crippen LogP contribution in [0.4, 0.5) is 0 Å². The molecule has 0 saturated carbocycles. The Balaban J connectivity index is 1.57. The number of benzene rings is 2. The third-order valence-electron chi connectivity index (χ3n) is 3.09. The van der Waals surface area contributed by atoms with E-state index in [0.29, 0.717) is 19.6 Å². The first kappa shape index (κ1) is 17.7. The average Bonchev–Trinajstić information content (AvgIpc) is 2.54. The number of rotatable bonds is 8. The summed E-state index contributed by atoms with van der Waals surface area (Å²) >= 11 is 7.48. The van der Waals surface area contributed by atoms with Crippen molar-refractivity contribution in [2.24, 2.45) is 0 Å². The Bertz CT molecular complexity index is 631. The second-order valence-corrected chi connectivity index (χ2v) is 6.67. The van der Waals surface area contributed by atoms with Crippen molar-refractivity contribution >= 4 is 29.3 Å². The number of carbonyl (C=O) groups is 1. The zero-order valence-electron chi connectivity index (χ0n) is 13.0. The Hall–Kier alpha value is -1.65. The van der Waals surface area contributed by atoms with Gasteiger partial charge in [0.1, 0.15) is 12.4 Å². The van der Waals surface area contributed by atoms with Crippen molar-refractivity contribution in [1.29, 1.82) is 0 Å². The molecule has 0 fully saturated rings. The van der Waals surface area contributed by atoms with E-state index in [1.54, 1.807) is 11.8 Å². The van der Waals surface area contributed by atoms with E-state index in [0.717, 1.165) is 27.0 Å². The first-order chi connectivity index (χ1) is 11.1. The number of nitrogens with one attached hydrogen (secondary N) is 1. The van der Waals surface area contributed by atoms with Gasteiger partial charge in [0, 0.05) is 22.1 Å². The average molecular weight is 350 g/mol. The predicted octanol–water partition coefficient (Wildman–Crippen LogP) is 4.33. The third-order valence-corrected chi connectivity index (χ3v) is 4.36. The Morgan fingerprint density at radius 1 is 1.22 bits per heavy atom. The van der Waals surface area contributed by atoms with Gasteiger partial charge in [0.05, 0.1) is 6.54 Å². The molecule has 0 aliphatic carbocycles. The van der Waals surface area contributed by atoms with Crippen LogP contribution in [0.2, 0.25) is 5.02 Å². The maximum absolute atomic E-state index is 11.8. The van der Waals surface area contributed by atoms with Crippen molar-refractivity contribution in [3.63, 3.8) is 0 Å². The number of ether oxygens (including phenoxy) is 1. The number of hydrogen-bond donors (Lipinski definition) is 1. The maximum Gasteiger partial charge on any atom is 0.220 e. The van der Waals surface area contributed by atoms with E-state index in [-0.39, 0.29) is 5.91 Å². The zero-order valence-corrected chi connectivity index (χ0v) is 14.6. The fourth-order valence-corrected chi connectivity index (χ4v) is 2.92. The second-order valence-electron chi connectivity index (χ2n) is 5.07. The number of amides is 1. The van der Waals surface area contributed by atoms with E-state index in [4.69, 9.17) is 16.3 Å². The molecule has 1 N–H and O–H groups in total. The predicted molar refractivity (Wildman–Crippen MR) is 96.5 cm³/mol. The van der Waals surface area contributed by atoms with Gasteiger partial charge in [0.25, 0.3) is 0 Å². The normalized spacial score (nSPS) is 10.3. The summed E-state index contributed by atoms with van der Waals surface area (Å²) in [6.07, 6.45) is 0.484. The van der Waals surface area contributed by atoms with Gasteiger partial charge >= 0.3 is 0 Å². The first-order valence-electron chi connectivity index (χ1n) is 7.48. The van der Waals surface area contributed by atoms with Gasteiger partial charge in [-0.3, -0.25) is 4.79 Å². The molecule has 2 aromatic carbocycles. The highest BCUT2D eigenvalue weighted by atomic mass is 35.5. The minimum absolute atomic E-state index is 0.0410. The van der Waals surface area contributed by atoms with Gasteiger partial charge in [0.15, 0.2) is 0 Å². The molecule has 5 heteroatoms. The SMILES string of the molecule is Cc1cccc(OCCNC(=O)CCSc2ccc(Cl)cc2)c1. The molecule has 0 unspecified atom stereocenters. The summed E-state index contributed by atoms with van der Waals surface area (Å²) < 4.78 is 5.59. The molecule has 2 aromatic rings. The molecule has 2 rings (SSSR count). The number of thioether (sulfide) groups is 1. The first-order valence-corrected chi connectivity index (χ1v) is 8.84. The van der Waals surface area contributed by atoms with Crippen LogP contribution in [0.1, 0.15) is 12.0 Å². The van der Waals surface area contributed by atoms with Gasteiger partial charge in [-0.25, -0.2) is 0 Å². The van der Waals surface area contributed by atoms with Crippen LogP contribution in [0.25, 0.3) is 0 Å². The summed E-state index contributed by atoms with van der Waals surface area (Å²) in [7, 11) is 0. The van der Waals surface area contributed by atoms with E-state index < -0.39 is 0 Å². The lowest BCUT2D eigenvalue weighted by Crippen LogP contribution is -2.28. The van der Waals surface area contributed by atoms with E-state index >= 15 is 0 Å². The van der Waals surface area contributed by atoms with Gasteiger partial charge in [-0.15, -0.1) is 11.8 Å². The molecule has 1 amide bonds. The molecular formula is C18H20ClNO2S. The summed E-state index contributed by atoms with van der Waals surface area (Å²) in [4.78, 5) is 12.9. The fraction of sp³-hybridized carbons (Fsp3) is 0.278. The van der Waals surface area contributed by atoms with Crippen LogP contribution in [-0.2, 0) is 4.79 Å². The maximum atomic E-state index is 11.8. The van der Waals surface area contributed by atoms with Crippen molar-refractivity contribution in [2.45, 2.75) is 18.2 Å². The molecule has 122 valence electrons. The van der Waals surface area contributed by atoms with Crippen LogP contribution in [0.3, 0.4) is 0 Å². The van der Waals surface area contributed by atoms with E-state index in [1.165, 1.54) is 0 Å². The molecule has 0 aromatic heterocycles. The highest BCUT2D eigenvalue weighted by Crippen LogP contribution is 2.20. The van der Waals surface area contributed by atoms with Crippen molar-refractivity contribution in [3.8, 4) is 5.75 Å². The minimum Gasteiger partial charge on any atom is -0.492 e. The number of carbonyl (C=O) groups excluding carboxylic acids is 1. The third kappa shape index (κ3) is 6.97. The lowest BCUT2D eigenvalue weighted by atomic mass is 10.2. The zero-order chi connectivity index (χ0) is 16.5. The Kier molecular flexibility index (Phi) is 7.30. The molecule has 0 bridgehead atoms. The van der Waals surface area contributed by atoms with Crippen LogP contribution < -0.4 is 10.1 Å². The molecule has 0 radical (unpaired) electrons. The highest BCUT2D eigenvalue weighted by Gasteiger charge is 2.02. The van der Waals surface area contributed by atoms with Gasteiger partial charge in [-0.2, -0.15) is 0 Å². The molecular weight excluding hydrogens is 330 g/mol. The molecule has 3 nitrogen and oxygen atoms in total. The van der Waals surface area contributed by atoms with Crippen LogP contribution in [-0.4, -0.2) is 24.8 Å². The van der Waals surface area contributed by atoms with Gasteiger partial charge in [0.2, 0.25) is 5.91 Å². The monoisotopic (exact) mass is 349 g/mol. The molecule has 0 atom stereocenters. The smallest absolute Gasteiger partial charge is 0.220 e. The highest BCUT2D eigenvalue weighted by molar-refractivity contribution is 7.99. The van der Waals surface area contributed by atoms with Gasteiger partial charge < -0.3 is 10.1 Å². The van der Waals surface area contributed by atoms with Crippen molar-refractivity contribution < 1.29 is 9.53 Å². The van der Waals surface area contributed by atoms with E-state index in [1.807, 2.05) is 55.5 Å². The summed E-state index contributed by atoms with van der Waals surface area (Å²) in [5.41, 5.74) is 1.16. The van der Waals surface area contributed by atoms with Crippen LogP contribution in [0, 0.1) is 6.92 Å². The molecule has 0 saturated heterocycles. The molecule has 0 aliphatic rings. The standard InChI is InChI=1S/C18H20ClNO2S/c1-14-3-2-4-16(13-14)22-11-10-20-18(21)9-12-23-17-7-5-15(19)6-8-17/h2-8,13H,9-12H2,1H3,(H,20,21). The summed E-state index contributed by atoms with van der Waals surface area (Å²) in [5.74, 6) is 1.61. The summed E-state index contributed by atoms with van der Waals surface area (Å²) in [6, 6.07) is 15.5. The fourth-order valence-electron chi connectivity index (χ4n) is 1.95. The topological polar surface area (TPSA) is 38.3 Å². The minimum atomic E-state index is 0.0410. The molecule has 0 spiro atoms. The van der Waals surface area contributed by atoms with Gasteiger partial charge in [-0.05, 0) is 48.9 Å². The molecule has 0 aliphatic heterocycles. The van der Waals surface area contributed by atoms with Crippen LogP contribution >= 0.6 is 23.4 Å². The van der Waals surface area contributed by atoms with Crippen molar-refractivity contribution in [2.75, 3.05) is 18.9 Å². The lowest BCUT2D eigenvalue weighted by Gasteiger charge is -2.08. The van der Waals surface area contributed by atoms with Crippen LogP contribution in [0.5, 0.6) is 5.75 Å². The quantitative estimate of drug-likeness (QED) is 0.569. The number of aryl methyl sites for hydroxylation is 1. The Morgan fingerprint density at radius 3 is 2.74 bits per heavy atom. The summed E-state index contributed by atoms with van der Waals surface area (Å²) in [6.45, 7) is 3.00. The van der Waals surface area contributed by atoms with Crippen molar-refractivity contribution in [3.05, 3.63) is 59.1 Å². The van der Waals surface area contributed by atoms with E-state index in [2.05, 4.69) is 5.32 Å². The summed E-state index contributed by atoms with van der Waals surface area (Å²) in [5, 5.41) is 3.59.